The van der Waals surface area contributed by atoms with E-state index in [0.29, 0.717) is 10.6 Å². The Morgan fingerprint density at radius 3 is 2.78 bits per heavy atom. The van der Waals surface area contributed by atoms with Crippen molar-refractivity contribution >= 4 is 51.0 Å². The van der Waals surface area contributed by atoms with Crippen LogP contribution >= 0.6 is 23.6 Å². The first-order valence-corrected chi connectivity index (χ1v) is 9.38. The van der Waals surface area contributed by atoms with Crippen LogP contribution in [0.2, 0.25) is 0 Å². The van der Waals surface area contributed by atoms with E-state index in [1.54, 1.807) is 0 Å². The number of ether oxygens (including phenoxy) is 1. The molecule has 0 aliphatic heterocycles. The number of anilines is 2. The molecule has 0 saturated carbocycles. The van der Waals surface area contributed by atoms with Crippen LogP contribution in [0.5, 0.6) is 0 Å². The van der Waals surface area contributed by atoms with Gasteiger partial charge in [0.1, 0.15) is 5.00 Å². The molecule has 27 heavy (non-hydrogen) atoms. The van der Waals surface area contributed by atoms with Crippen LogP contribution in [0.4, 0.5) is 20.8 Å². The van der Waals surface area contributed by atoms with Crippen molar-refractivity contribution in [1.82, 2.24) is 0 Å². The number of carbonyl (C=O) groups is 1. The van der Waals surface area contributed by atoms with Gasteiger partial charge in [-0.1, -0.05) is 0 Å². The first-order chi connectivity index (χ1) is 12.9. The first kappa shape index (κ1) is 19.2. The highest BCUT2D eigenvalue weighted by Crippen LogP contribution is 2.38. The van der Waals surface area contributed by atoms with E-state index in [1.165, 1.54) is 24.5 Å². The molecule has 1 heterocycles. The van der Waals surface area contributed by atoms with Gasteiger partial charge in [0.2, 0.25) is 5.82 Å². The number of halogens is 1. The zero-order valence-electron chi connectivity index (χ0n) is 14.3. The summed E-state index contributed by atoms with van der Waals surface area (Å²) in [6, 6.07) is 3.40. The quantitative estimate of drug-likeness (QED) is 0.337. The molecular formula is C17H16FN3O4S2. The molecule has 7 nitrogen and oxygen atoms in total. The first-order valence-electron chi connectivity index (χ1n) is 8.15. The van der Waals surface area contributed by atoms with Crippen molar-refractivity contribution in [3.63, 3.8) is 0 Å². The molecular weight excluding hydrogens is 393 g/mol. The summed E-state index contributed by atoms with van der Waals surface area (Å²) < 4.78 is 18.4. The molecule has 0 fully saturated rings. The Morgan fingerprint density at radius 2 is 2.07 bits per heavy atom. The Kier molecular flexibility index (Phi) is 5.66. The summed E-state index contributed by atoms with van der Waals surface area (Å²) in [7, 11) is 1.33. The number of nitrogens with zero attached hydrogens (tertiary/aromatic N) is 1. The van der Waals surface area contributed by atoms with Gasteiger partial charge in [0.15, 0.2) is 5.11 Å². The Morgan fingerprint density at radius 1 is 1.33 bits per heavy atom. The normalized spacial score (nSPS) is 12.8. The molecule has 0 bridgehead atoms. The van der Waals surface area contributed by atoms with Gasteiger partial charge in [0.05, 0.1) is 17.6 Å². The van der Waals surface area contributed by atoms with Gasteiger partial charge in [-0.15, -0.1) is 11.3 Å². The molecule has 0 amide bonds. The molecule has 1 aromatic heterocycles. The second kappa shape index (κ2) is 7.97. The van der Waals surface area contributed by atoms with E-state index in [4.69, 9.17) is 17.0 Å². The molecule has 142 valence electrons. The van der Waals surface area contributed by atoms with Crippen LogP contribution in [-0.2, 0) is 17.6 Å². The van der Waals surface area contributed by atoms with Gasteiger partial charge in [-0.3, -0.25) is 10.1 Å². The summed E-state index contributed by atoms with van der Waals surface area (Å²) >= 11 is 6.70. The molecule has 2 aromatic rings. The van der Waals surface area contributed by atoms with Crippen LogP contribution in [0.25, 0.3) is 0 Å². The third-order valence-corrected chi connectivity index (χ3v) is 5.60. The molecule has 1 aliphatic rings. The van der Waals surface area contributed by atoms with E-state index in [1.807, 2.05) is 0 Å². The number of hydrogen-bond acceptors (Lipinski definition) is 6. The maximum atomic E-state index is 13.4. The van der Waals surface area contributed by atoms with Crippen molar-refractivity contribution in [1.29, 1.82) is 0 Å². The fourth-order valence-electron chi connectivity index (χ4n) is 2.97. The summed E-state index contributed by atoms with van der Waals surface area (Å²) in [5.74, 6) is -1.36. The van der Waals surface area contributed by atoms with Gasteiger partial charge < -0.3 is 15.4 Å². The minimum absolute atomic E-state index is 0.139. The molecule has 0 spiro atoms. The number of thiocarbonyl (C=S) groups is 1. The predicted molar refractivity (Wildman–Crippen MR) is 105 cm³/mol. The van der Waals surface area contributed by atoms with Crippen LogP contribution in [0.15, 0.2) is 18.2 Å². The molecule has 1 aromatic carbocycles. The average molecular weight is 409 g/mol. The molecule has 0 radical (unpaired) electrons. The van der Waals surface area contributed by atoms with Crippen LogP contribution in [0, 0.1) is 15.9 Å². The highest BCUT2D eigenvalue weighted by atomic mass is 32.1. The summed E-state index contributed by atoms with van der Waals surface area (Å²) in [5, 5.41) is 17.3. The number of hydrogen-bond donors (Lipinski definition) is 2. The number of esters is 1. The number of carbonyl (C=O) groups excluding carboxylic acids is 1. The minimum Gasteiger partial charge on any atom is -0.465 e. The second-order valence-corrected chi connectivity index (χ2v) is 7.42. The Balaban J connectivity index is 1.82. The number of fused-ring (bicyclic) bond motifs is 1. The van der Waals surface area contributed by atoms with Crippen molar-refractivity contribution < 1.29 is 18.8 Å². The van der Waals surface area contributed by atoms with Gasteiger partial charge >= 0.3 is 11.7 Å². The smallest absolute Gasteiger partial charge is 0.341 e. The number of benzene rings is 1. The maximum Gasteiger partial charge on any atom is 0.341 e. The third-order valence-electron chi connectivity index (χ3n) is 4.19. The lowest BCUT2D eigenvalue weighted by Crippen LogP contribution is -2.20. The molecule has 0 atom stereocenters. The van der Waals surface area contributed by atoms with Gasteiger partial charge in [-0.05, 0) is 55.6 Å². The lowest BCUT2D eigenvalue weighted by Gasteiger charge is -2.12. The van der Waals surface area contributed by atoms with Crippen LogP contribution in [0.1, 0.15) is 33.6 Å². The van der Waals surface area contributed by atoms with Gasteiger partial charge in [0, 0.05) is 16.6 Å². The molecule has 0 unspecified atom stereocenters. The largest absolute Gasteiger partial charge is 0.465 e. The molecule has 3 rings (SSSR count). The number of nitro benzene ring substituents is 1. The van der Waals surface area contributed by atoms with E-state index in [0.717, 1.165) is 48.3 Å². The van der Waals surface area contributed by atoms with Gasteiger partial charge in [0.25, 0.3) is 0 Å². The standard InChI is InChI=1S/C17H16FN3O4S2/c1-25-16(22)14-10-4-2-3-5-13(10)27-15(14)20-17(26)19-9-6-7-11(18)12(8-9)21(23)24/h6-8H,2-5H2,1H3,(H2,19,20,26). The Hall–Kier alpha value is -2.59. The monoisotopic (exact) mass is 409 g/mol. The van der Waals surface area contributed by atoms with Gasteiger partial charge in [-0.25, -0.2) is 4.79 Å². The fraction of sp³-hybridized carbons (Fsp3) is 0.294. The van der Waals surface area contributed by atoms with E-state index in [2.05, 4.69) is 10.6 Å². The molecule has 0 saturated heterocycles. The zero-order chi connectivity index (χ0) is 19.6. The Bertz CT molecular complexity index is 929. The number of rotatable bonds is 4. The number of methoxy groups -OCH3 is 1. The van der Waals surface area contributed by atoms with E-state index >= 15 is 0 Å². The van der Waals surface area contributed by atoms with Crippen LogP contribution < -0.4 is 10.6 Å². The predicted octanol–water partition coefficient (Wildman–Crippen LogP) is 4.27. The SMILES string of the molecule is COC(=O)c1c(NC(=S)Nc2ccc(F)c([N+](=O)[O-])c2)sc2c1CCCC2. The number of nitrogens with one attached hydrogen (secondary N) is 2. The Labute approximate surface area is 163 Å². The van der Waals surface area contributed by atoms with Crippen LogP contribution in [-0.4, -0.2) is 23.1 Å². The topological polar surface area (TPSA) is 93.5 Å². The highest BCUT2D eigenvalue weighted by Gasteiger charge is 2.26. The van der Waals surface area contributed by atoms with Crippen LogP contribution in [0.3, 0.4) is 0 Å². The lowest BCUT2D eigenvalue weighted by molar-refractivity contribution is -0.387. The third kappa shape index (κ3) is 4.06. The van der Waals surface area contributed by atoms with Crippen molar-refractivity contribution in [3.05, 3.63) is 50.1 Å². The van der Waals surface area contributed by atoms with Crippen molar-refractivity contribution in [3.8, 4) is 0 Å². The van der Waals surface area contributed by atoms with Crippen molar-refractivity contribution in [2.75, 3.05) is 17.7 Å². The lowest BCUT2D eigenvalue weighted by atomic mass is 9.95. The van der Waals surface area contributed by atoms with Crippen molar-refractivity contribution in [2.45, 2.75) is 25.7 Å². The average Bonchev–Trinajstić information content (AvgIpc) is 3.00. The van der Waals surface area contributed by atoms with E-state index < -0.39 is 22.4 Å². The van der Waals surface area contributed by atoms with Gasteiger partial charge in [-0.2, -0.15) is 4.39 Å². The fourth-order valence-corrected chi connectivity index (χ4v) is 4.53. The van der Waals surface area contributed by atoms with E-state index in [-0.39, 0.29) is 10.8 Å². The summed E-state index contributed by atoms with van der Waals surface area (Å²) in [5.41, 5.74) is 1.08. The minimum atomic E-state index is -0.927. The van der Waals surface area contributed by atoms with Crippen molar-refractivity contribution in [2.24, 2.45) is 0 Å². The number of thiophene rings is 1. The molecule has 1 aliphatic carbocycles. The molecule has 2 N–H and O–H groups in total. The molecule has 10 heteroatoms. The summed E-state index contributed by atoms with van der Waals surface area (Å²) in [4.78, 5) is 23.4. The number of nitro groups is 1. The zero-order valence-corrected chi connectivity index (χ0v) is 16.0. The highest BCUT2D eigenvalue weighted by molar-refractivity contribution is 7.80. The maximum absolute atomic E-state index is 13.4. The summed E-state index contributed by atoms with van der Waals surface area (Å²) in [6.45, 7) is 0. The second-order valence-electron chi connectivity index (χ2n) is 5.91. The summed E-state index contributed by atoms with van der Waals surface area (Å²) in [6.07, 6.45) is 3.78. The number of aryl methyl sites for hydroxylation is 1. The van der Waals surface area contributed by atoms with E-state index in [9.17, 15) is 19.3 Å².